The van der Waals surface area contributed by atoms with E-state index >= 15 is 0 Å². The minimum Gasteiger partial charge on any atom is -0.455 e. The predicted octanol–water partition coefficient (Wildman–Crippen LogP) is 8.09. The Morgan fingerprint density at radius 3 is 1.66 bits per heavy atom. The fourth-order valence-corrected chi connectivity index (χ4v) is 4.24. The van der Waals surface area contributed by atoms with Gasteiger partial charge in [-0.15, -0.1) is 0 Å². The molecule has 0 fully saturated rings. The SMILES string of the molecule is c1ccc(-c2ccccc2-c2oc(-c3cnoc3-c3ccccc3)c3ccccc23)cc1. The van der Waals surface area contributed by atoms with Crippen molar-refractivity contribution >= 4 is 10.8 Å². The quantitative estimate of drug-likeness (QED) is 0.293. The second kappa shape index (κ2) is 7.71. The van der Waals surface area contributed by atoms with E-state index in [4.69, 9.17) is 8.94 Å². The van der Waals surface area contributed by atoms with Gasteiger partial charge in [0.15, 0.2) is 5.76 Å². The van der Waals surface area contributed by atoms with Gasteiger partial charge in [0, 0.05) is 21.9 Å². The second-order valence-electron chi connectivity index (χ2n) is 7.65. The molecule has 0 bridgehead atoms. The van der Waals surface area contributed by atoms with Crippen LogP contribution >= 0.6 is 0 Å². The molecule has 0 aliphatic rings. The van der Waals surface area contributed by atoms with E-state index in [1.807, 2.05) is 54.6 Å². The Kier molecular flexibility index (Phi) is 4.43. The van der Waals surface area contributed by atoms with Crippen LogP contribution in [-0.2, 0) is 0 Å². The Labute approximate surface area is 185 Å². The Morgan fingerprint density at radius 2 is 0.969 bits per heavy atom. The van der Waals surface area contributed by atoms with Gasteiger partial charge in [-0.05, 0) is 11.1 Å². The molecule has 0 N–H and O–H groups in total. The van der Waals surface area contributed by atoms with Gasteiger partial charge in [0.25, 0.3) is 0 Å². The molecule has 32 heavy (non-hydrogen) atoms. The number of rotatable bonds is 4. The molecule has 0 atom stereocenters. The van der Waals surface area contributed by atoms with Crippen molar-refractivity contribution in [3.05, 3.63) is 115 Å². The lowest BCUT2D eigenvalue weighted by atomic mass is 9.96. The minimum absolute atomic E-state index is 0.702. The van der Waals surface area contributed by atoms with Crippen LogP contribution in [0, 0.1) is 0 Å². The van der Waals surface area contributed by atoms with Gasteiger partial charge in [0.2, 0.25) is 0 Å². The van der Waals surface area contributed by atoms with E-state index in [1.165, 1.54) is 0 Å². The summed E-state index contributed by atoms with van der Waals surface area (Å²) in [6.07, 6.45) is 1.74. The summed E-state index contributed by atoms with van der Waals surface area (Å²) in [5.74, 6) is 2.31. The Balaban J connectivity index is 1.60. The summed E-state index contributed by atoms with van der Waals surface area (Å²) < 4.78 is 12.3. The number of benzene rings is 4. The normalized spacial score (nSPS) is 11.1. The molecule has 3 nitrogen and oxygen atoms in total. The fraction of sp³-hybridized carbons (Fsp3) is 0. The first kappa shape index (κ1) is 18.4. The fourth-order valence-electron chi connectivity index (χ4n) is 4.24. The predicted molar refractivity (Wildman–Crippen MR) is 128 cm³/mol. The van der Waals surface area contributed by atoms with Gasteiger partial charge in [-0.2, -0.15) is 0 Å². The maximum atomic E-state index is 6.62. The standard InChI is InChI=1S/C29H19NO2/c1-3-11-20(12-4-1)22-15-7-8-16-23(22)28-24-17-9-10-18-25(24)29(31-28)26-19-30-32-27(26)21-13-5-2-6-14-21/h1-19H. The Hall–Kier alpha value is -4.37. The van der Waals surface area contributed by atoms with E-state index in [1.54, 1.807) is 6.20 Å². The molecular formula is C29H19NO2. The van der Waals surface area contributed by atoms with E-state index in [0.717, 1.165) is 50.1 Å². The van der Waals surface area contributed by atoms with Crippen molar-refractivity contribution < 1.29 is 8.94 Å². The van der Waals surface area contributed by atoms with Gasteiger partial charge in [-0.1, -0.05) is 114 Å². The highest BCUT2D eigenvalue weighted by atomic mass is 16.5. The van der Waals surface area contributed by atoms with E-state index in [0.29, 0.717) is 5.76 Å². The Morgan fingerprint density at radius 1 is 0.438 bits per heavy atom. The molecular weight excluding hydrogens is 394 g/mol. The first-order chi connectivity index (χ1) is 15.9. The molecule has 0 spiro atoms. The highest BCUT2D eigenvalue weighted by Gasteiger charge is 2.22. The van der Waals surface area contributed by atoms with Crippen LogP contribution in [0.3, 0.4) is 0 Å². The van der Waals surface area contributed by atoms with Crippen molar-refractivity contribution in [1.29, 1.82) is 0 Å². The van der Waals surface area contributed by atoms with Crippen molar-refractivity contribution in [1.82, 2.24) is 5.16 Å². The first-order valence-electron chi connectivity index (χ1n) is 10.6. The molecule has 0 aliphatic heterocycles. The van der Waals surface area contributed by atoms with Gasteiger partial charge in [-0.25, -0.2) is 0 Å². The molecule has 2 heterocycles. The van der Waals surface area contributed by atoms with E-state index < -0.39 is 0 Å². The molecule has 0 radical (unpaired) electrons. The van der Waals surface area contributed by atoms with Crippen molar-refractivity contribution in [2.75, 3.05) is 0 Å². The van der Waals surface area contributed by atoms with E-state index in [2.05, 4.69) is 59.8 Å². The zero-order valence-corrected chi connectivity index (χ0v) is 17.2. The average molecular weight is 413 g/mol. The molecule has 3 heteroatoms. The molecule has 0 unspecified atom stereocenters. The number of fused-ring (bicyclic) bond motifs is 1. The van der Waals surface area contributed by atoms with Crippen LogP contribution in [0.15, 0.2) is 124 Å². The zero-order valence-electron chi connectivity index (χ0n) is 17.2. The highest BCUT2D eigenvalue weighted by molar-refractivity contribution is 6.05. The minimum atomic E-state index is 0.702. The summed E-state index contributed by atoms with van der Waals surface area (Å²) in [5.41, 5.74) is 5.15. The maximum absolute atomic E-state index is 6.62. The van der Waals surface area contributed by atoms with Crippen LogP contribution in [0.2, 0.25) is 0 Å². The van der Waals surface area contributed by atoms with Crippen LogP contribution < -0.4 is 0 Å². The molecule has 0 saturated heterocycles. The van der Waals surface area contributed by atoms with Gasteiger partial charge in [-0.3, -0.25) is 0 Å². The third-order valence-electron chi connectivity index (χ3n) is 5.73. The molecule has 152 valence electrons. The van der Waals surface area contributed by atoms with Crippen molar-refractivity contribution in [2.24, 2.45) is 0 Å². The topological polar surface area (TPSA) is 39.2 Å². The molecule has 4 aromatic carbocycles. The monoisotopic (exact) mass is 413 g/mol. The summed E-state index contributed by atoms with van der Waals surface area (Å²) in [5, 5.41) is 6.19. The maximum Gasteiger partial charge on any atom is 0.177 e. The first-order valence-corrected chi connectivity index (χ1v) is 10.6. The largest absolute Gasteiger partial charge is 0.455 e. The summed E-state index contributed by atoms with van der Waals surface area (Å²) in [7, 11) is 0. The van der Waals surface area contributed by atoms with Crippen molar-refractivity contribution in [2.45, 2.75) is 0 Å². The molecule has 6 rings (SSSR count). The van der Waals surface area contributed by atoms with Gasteiger partial charge < -0.3 is 8.94 Å². The lowest BCUT2D eigenvalue weighted by molar-refractivity contribution is 0.432. The van der Waals surface area contributed by atoms with Gasteiger partial charge in [0.1, 0.15) is 11.5 Å². The van der Waals surface area contributed by atoms with Gasteiger partial charge >= 0.3 is 0 Å². The number of hydrogen-bond donors (Lipinski definition) is 0. The van der Waals surface area contributed by atoms with Crippen LogP contribution in [0.25, 0.3) is 55.9 Å². The van der Waals surface area contributed by atoms with Crippen LogP contribution in [0.1, 0.15) is 0 Å². The van der Waals surface area contributed by atoms with Crippen LogP contribution in [0.4, 0.5) is 0 Å². The zero-order chi connectivity index (χ0) is 21.3. The highest BCUT2D eigenvalue weighted by Crippen LogP contribution is 2.44. The van der Waals surface area contributed by atoms with Crippen LogP contribution in [-0.4, -0.2) is 5.16 Å². The molecule has 0 saturated carbocycles. The molecule has 6 aromatic rings. The molecule has 0 aliphatic carbocycles. The third-order valence-corrected chi connectivity index (χ3v) is 5.73. The Bertz CT molecular complexity index is 1510. The lowest BCUT2D eigenvalue weighted by Crippen LogP contribution is -1.83. The summed E-state index contributed by atoms with van der Waals surface area (Å²) >= 11 is 0. The second-order valence-corrected chi connectivity index (χ2v) is 7.65. The number of aromatic nitrogens is 1. The van der Waals surface area contributed by atoms with Gasteiger partial charge in [0.05, 0.1) is 11.8 Å². The van der Waals surface area contributed by atoms with E-state index in [-0.39, 0.29) is 0 Å². The summed E-state index contributed by atoms with van der Waals surface area (Å²) in [4.78, 5) is 0. The lowest BCUT2D eigenvalue weighted by Gasteiger charge is -2.08. The van der Waals surface area contributed by atoms with E-state index in [9.17, 15) is 0 Å². The molecule has 0 amide bonds. The van der Waals surface area contributed by atoms with Crippen LogP contribution in [0.5, 0.6) is 0 Å². The average Bonchev–Trinajstić information content (AvgIpc) is 3.50. The van der Waals surface area contributed by atoms with Crippen molar-refractivity contribution in [3.63, 3.8) is 0 Å². The molecule has 2 aromatic heterocycles. The van der Waals surface area contributed by atoms with Crippen molar-refractivity contribution in [3.8, 4) is 45.1 Å². The number of nitrogens with zero attached hydrogens (tertiary/aromatic N) is 1. The summed E-state index contributed by atoms with van der Waals surface area (Å²) in [6.45, 7) is 0. The number of hydrogen-bond acceptors (Lipinski definition) is 3. The smallest absolute Gasteiger partial charge is 0.177 e. The number of furan rings is 1. The summed E-state index contributed by atoms with van der Waals surface area (Å²) in [6, 6.07) is 37.0. The third kappa shape index (κ3) is 3.03.